The third-order valence-electron chi connectivity index (χ3n) is 4.39. The first-order valence-electron chi connectivity index (χ1n) is 8.19. The highest BCUT2D eigenvalue weighted by atomic mass is 32.2. The number of pyridine rings is 1. The van der Waals surface area contributed by atoms with Crippen LogP contribution in [0.1, 0.15) is 10.4 Å². The van der Waals surface area contributed by atoms with Crippen molar-refractivity contribution in [3.63, 3.8) is 0 Å². The van der Waals surface area contributed by atoms with E-state index in [1.807, 2.05) is 29.2 Å². The number of nitrogen functional groups attached to an aromatic ring is 1. The molecule has 1 aromatic heterocycles. The number of amides is 1. The Balaban J connectivity index is 1.55. The number of carbonyl (C=O) groups is 1. The monoisotopic (exact) mass is 374 g/mol. The van der Waals surface area contributed by atoms with Crippen LogP contribution in [0.2, 0.25) is 0 Å². The smallest absolute Gasteiger partial charge is 0.253 e. The van der Waals surface area contributed by atoms with E-state index in [0.29, 0.717) is 30.2 Å². The molecule has 9 heteroatoms. The zero-order valence-electron chi connectivity index (χ0n) is 13.9. The van der Waals surface area contributed by atoms with Crippen molar-refractivity contribution in [2.45, 2.75) is 6.04 Å². The molecule has 1 aromatic carbocycles. The quantitative estimate of drug-likeness (QED) is 0.813. The maximum absolute atomic E-state index is 12.3. The van der Waals surface area contributed by atoms with Gasteiger partial charge in [-0.25, -0.2) is 13.4 Å². The van der Waals surface area contributed by atoms with E-state index in [1.165, 1.54) is 6.20 Å². The van der Waals surface area contributed by atoms with Crippen molar-refractivity contribution < 1.29 is 17.9 Å². The van der Waals surface area contributed by atoms with E-state index in [2.05, 4.69) is 10.3 Å². The first-order valence-corrected chi connectivity index (χ1v) is 10.0. The van der Waals surface area contributed by atoms with E-state index in [4.69, 9.17) is 10.5 Å². The molecule has 2 aliphatic rings. The summed E-state index contributed by atoms with van der Waals surface area (Å²) < 4.78 is 28.0. The van der Waals surface area contributed by atoms with Crippen molar-refractivity contribution in [3.05, 3.63) is 42.1 Å². The Bertz CT molecular complexity index is 964. The molecule has 0 saturated carbocycles. The Labute approximate surface area is 150 Å². The van der Waals surface area contributed by atoms with Gasteiger partial charge in [-0.15, -0.1) is 0 Å². The second-order valence-electron chi connectivity index (χ2n) is 6.35. The minimum atomic E-state index is -2.99. The fourth-order valence-corrected chi connectivity index (χ4v) is 4.43. The van der Waals surface area contributed by atoms with Gasteiger partial charge < -0.3 is 20.7 Å². The first-order chi connectivity index (χ1) is 12.4. The average Bonchev–Trinajstić information content (AvgIpc) is 2.59. The molecule has 8 nitrogen and oxygen atoms in total. The number of para-hydroxylation sites is 2. The topological polar surface area (TPSA) is 115 Å². The van der Waals surface area contributed by atoms with Crippen molar-refractivity contribution in [3.8, 4) is 5.75 Å². The molecular weight excluding hydrogens is 356 g/mol. The maximum atomic E-state index is 12.3. The molecule has 2 aromatic rings. The Morgan fingerprint density at radius 2 is 2.08 bits per heavy atom. The van der Waals surface area contributed by atoms with E-state index in [-0.39, 0.29) is 23.5 Å². The van der Waals surface area contributed by atoms with Gasteiger partial charge in [0, 0.05) is 6.20 Å². The normalized spacial score (nSPS) is 18.4. The summed E-state index contributed by atoms with van der Waals surface area (Å²) in [5.74, 6) is 0.892. The molecule has 2 aliphatic heterocycles. The Morgan fingerprint density at radius 3 is 2.81 bits per heavy atom. The number of nitrogens with one attached hydrogen (secondary N) is 1. The van der Waals surface area contributed by atoms with Gasteiger partial charge in [0.15, 0.2) is 15.7 Å². The van der Waals surface area contributed by atoms with Gasteiger partial charge in [-0.05, 0) is 18.2 Å². The minimum Gasteiger partial charge on any atom is -0.490 e. The first kappa shape index (κ1) is 16.6. The molecule has 0 aliphatic carbocycles. The third-order valence-corrected chi connectivity index (χ3v) is 6.21. The van der Waals surface area contributed by atoms with Crippen LogP contribution in [-0.2, 0) is 9.84 Å². The molecule has 1 fully saturated rings. The van der Waals surface area contributed by atoms with Gasteiger partial charge in [-0.3, -0.25) is 4.79 Å². The lowest BCUT2D eigenvalue weighted by atomic mass is 10.2. The fraction of sp³-hybridized carbons (Fsp3) is 0.294. The largest absolute Gasteiger partial charge is 0.490 e. The summed E-state index contributed by atoms with van der Waals surface area (Å²) in [6.07, 6.45) is 1.45. The molecule has 3 N–H and O–H groups in total. The van der Waals surface area contributed by atoms with Crippen molar-refractivity contribution in [1.82, 2.24) is 10.3 Å². The molecule has 26 heavy (non-hydrogen) atoms. The van der Waals surface area contributed by atoms with Gasteiger partial charge in [0.2, 0.25) is 0 Å². The summed E-state index contributed by atoms with van der Waals surface area (Å²) in [6, 6.07) is 8.82. The van der Waals surface area contributed by atoms with E-state index in [0.717, 1.165) is 11.4 Å². The maximum Gasteiger partial charge on any atom is 0.253 e. The Hall–Kier alpha value is -2.81. The number of benzene rings is 1. The van der Waals surface area contributed by atoms with Gasteiger partial charge in [0.25, 0.3) is 5.91 Å². The number of nitrogens with zero attached hydrogens (tertiary/aromatic N) is 2. The zero-order valence-corrected chi connectivity index (χ0v) is 14.7. The summed E-state index contributed by atoms with van der Waals surface area (Å²) in [5, 5.41) is 2.68. The summed E-state index contributed by atoms with van der Waals surface area (Å²) in [6.45, 7) is 1.11. The highest BCUT2D eigenvalue weighted by molar-refractivity contribution is 7.92. The van der Waals surface area contributed by atoms with Crippen LogP contribution in [0.15, 0.2) is 36.5 Å². The Morgan fingerprint density at radius 1 is 1.31 bits per heavy atom. The number of hydrogen-bond acceptors (Lipinski definition) is 7. The third kappa shape index (κ3) is 3.05. The van der Waals surface area contributed by atoms with Crippen LogP contribution in [0.25, 0.3) is 0 Å². The lowest BCUT2D eigenvalue weighted by Gasteiger charge is -2.31. The van der Waals surface area contributed by atoms with Crippen LogP contribution in [0.3, 0.4) is 0 Å². The number of ether oxygens (including phenoxy) is 1. The van der Waals surface area contributed by atoms with Crippen molar-refractivity contribution in [1.29, 1.82) is 0 Å². The van der Waals surface area contributed by atoms with E-state index < -0.39 is 9.84 Å². The number of carbonyl (C=O) groups excluding carboxylic acids is 1. The second kappa shape index (κ2) is 6.17. The number of aromatic nitrogens is 1. The van der Waals surface area contributed by atoms with E-state index >= 15 is 0 Å². The molecule has 0 spiro atoms. The van der Waals surface area contributed by atoms with Crippen LogP contribution >= 0.6 is 0 Å². The molecule has 0 radical (unpaired) electrons. The average molecular weight is 374 g/mol. The standard InChI is InChI=1S/C17H18N4O4S/c18-13-7-11(17(22)20-12-9-26(23,24)10-12)8-19-16(13)21-5-6-25-15-4-2-1-3-14(15)21/h1-4,7-8,12H,5-6,9-10,18H2,(H,20,22). The van der Waals surface area contributed by atoms with Crippen LogP contribution in [0.5, 0.6) is 5.75 Å². The van der Waals surface area contributed by atoms with E-state index in [1.54, 1.807) is 6.07 Å². The highest BCUT2D eigenvalue weighted by Gasteiger charge is 2.34. The van der Waals surface area contributed by atoms with Crippen LogP contribution in [0, 0.1) is 0 Å². The predicted molar refractivity (Wildman–Crippen MR) is 97.5 cm³/mol. The molecule has 0 atom stereocenters. The van der Waals surface area contributed by atoms with Crippen molar-refractivity contribution in [2.75, 3.05) is 35.3 Å². The lowest BCUT2D eigenvalue weighted by Crippen LogP contribution is -2.52. The Kier molecular flexibility index (Phi) is 3.95. The number of anilines is 3. The number of hydrogen-bond donors (Lipinski definition) is 2. The molecule has 4 rings (SSSR count). The predicted octanol–water partition coefficient (Wildman–Crippen LogP) is 0.721. The highest BCUT2D eigenvalue weighted by Crippen LogP contribution is 2.37. The number of fused-ring (bicyclic) bond motifs is 1. The van der Waals surface area contributed by atoms with Gasteiger partial charge in [0.1, 0.15) is 12.4 Å². The number of nitrogens with two attached hydrogens (primary N) is 1. The molecule has 1 saturated heterocycles. The zero-order chi connectivity index (χ0) is 18.3. The fourth-order valence-electron chi connectivity index (χ4n) is 3.13. The van der Waals surface area contributed by atoms with Crippen LogP contribution in [0.4, 0.5) is 17.2 Å². The summed E-state index contributed by atoms with van der Waals surface area (Å²) in [7, 11) is -2.99. The minimum absolute atomic E-state index is 0.0235. The summed E-state index contributed by atoms with van der Waals surface area (Å²) >= 11 is 0. The van der Waals surface area contributed by atoms with Gasteiger partial charge in [0.05, 0.1) is 41.0 Å². The molecule has 0 unspecified atom stereocenters. The molecule has 3 heterocycles. The van der Waals surface area contributed by atoms with Crippen LogP contribution in [-0.4, -0.2) is 50.0 Å². The summed E-state index contributed by atoms with van der Waals surface area (Å²) in [5.41, 5.74) is 7.69. The van der Waals surface area contributed by atoms with Gasteiger partial charge in [-0.2, -0.15) is 0 Å². The molecule has 0 bridgehead atoms. The second-order valence-corrected chi connectivity index (χ2v) is 8.51. The van der Waals surface area contributed by atoms with E-state index in [9.17, 15) is 13.2 Å². The van der Waals surface area contributed by atoms with Gasteiger partial charge >= 0.3 is 0 Å². The molecule has 1 amide bonds. The molecule has 136 valence electrons. The lowest BCUT2D eigenvalue weighted by molar-refractivity contribution is 0.0941. The van der Waals surface area contributed by atoms with Crippen molar-refractivity contribution in [2.24, 2.45) is 0 Å². The SMILES string of the molecule is Nc1cc(C(=O)NC2CS(=O)(=O)C2)cnc1N1CCOc2ccccc21. The van der Waals surface area contributed by atoms with Crippen molar-refractivity contribution >= 4 is 32.9 Å². The number of sulfone groups is 1. The number of rotatable bonds is 3. The van der Waals surface area contributed by atoms with Crippen LogP contribution < -0.4 is 20.7 Å². The van der Waals surface area contributed by atoms with Gasteiger partial charge in [-0.1, -0.05) is 12.1 Å². The molecular formula is C17H18N4O4S. The summed E-state index contributed by atoms with van der Waals surface area (Å²) in [4.78, 5) is 18.6.